The van der Waals surface area contributed by atoms with Crippen molar-refractivity contribution in [3.8, 4) is 11.4 Å². The minimum absolute atomic E-state index is 0.493. The lowest BCUT2D eigenvalue weighted by molar-refractivity contribution is 0.181. The molecular formula is C11H12IN3OS. The van der Waals surface area contributed by atoms with Crippen LogP contribution in [0.1, 0.15) is 5.69 Å². The van der Waals surface area contributed by atoms with E-state index in [2.05, 4.69) is 37.9 Å². The van der Waals surface area contributed by atoms with Gasteiger partial charge in [0.2, 0.25) is 0 Å². The van der Waals surface area contributed by atoms with Crippen molar-refractivity contribution in [1.29, 1.82) is 0 Å². The fourth-order valence-corrected chi connectivity index (χ4v) is 2.71. The van der Waals surface area contributed by atoms with Crippen LogP contribution in [-0.4, -0.2) is 24.1 Å². The average molecular weight is 361 g/mol. The third-order valence-corrected chi connectivity index (χ3v) is 4.03. The van der Waals surface area contributed by atoms with E-state index in [0.29, 0.717) is 6.61 Å². The molecule has 1 N–H and O–H groups in total. The number of hydrogen-bond acceptors (Lipinski definition) is 5. The highest BCUT2D eigenvalue weighted by Gasteiger charge is 2.12. The number of hydrogen-bond donors (Lipinski definition) is 1. The molecule has 2 aromatic heterocycles. The number of methoxy groups -OCH3 is 1. The monoisotopic (exact) mass is 361 g/mol. The van der Waals surface area contributed by atoms with Crippen LogP contribution in [-0.2, 0) is 11.3 Å². The normalized spacial score (nSPS) is 10.5. The van der Waals surface area contributed by atoms with Crippen LogP contribution in [0.25, 0.3) is 11.4 Å². The highest BCUT2D eigenvalue weighted by Crippen LogP contribution is 2.25. The number of aromatic nitrogens is 2. The van der Waals surface area contributed by atoms with Gasteiger partial charge in [0.05, 0.1) is 15.9 Å². The Balaban J connectivity index is 2.50. The SMILES string of the molecule is CNc1nc(-c2ccsc2)nc(COC)c1I. The summed E-state index contributed by atoms with van der Waals surface area (Å²) in [5, 5.41) is 7.15. The lowest BCUT2D eigenvalue weighted by Crippen LogP contribution is -2.05. The molecule has 0 bridgehead atoms. The Bertz CT molecular complexity index is 502. The number of thiophene rings is 1. The van der Waals surface area contributed by atoms with Gasteiger partial charge in [0.1, 0.15) is 5.82 Å². The number of nitrogens with one attached hydrogen (secondary N) is 1. The van der Waals surface area contributed by atoms with E-state index in [0.717, 1.165) is 26.5 Å². The van der Waals surface area contributed by atoms with Crippen LogP contribution in [0.3, 0.4) is 0 Å². The molecule has 0 saturated heterocycles. The van der Waals surface area contributed by atoms with Crippen LogP contribution in [0.5, 0.6) is 0 Å². The zero-order valence-electron chi connectivity index (χ0n) is 9.53. The maximum absolute atomic E-state index is 5.16. The van der Waals surface area contributed by atoms with E-state index >= 15 is 0 Å². The van der Waals surface area contributed by atoms with Crippen LogP contribution >= 0.6 is 33.9 Å². The van der Waals surface area contributed by atoms with Gasteiger partial charge in [-0.3, -0.25) is 0 Å². The summed E-state index contributed by atoms with van der Waals surface area (Å²) in [6.45, 7) is 0.493. The standard InChI is InChI=1S/C11H12IN3OS/c1-13-11-9(12)8(5-16-2)14-10(15-11)7-3-4-17-6-7/h3-4,6H,5H2,1-2H3,(H,13,14,15). The molecule has 17 heavy (non-hydrogen) atoms. The highest BCUT2D eigenvalue weighted by atomic mass is 127. The Morgan fingerprint density at radius 1 is 1.47 bits per heavy atom. The molecule has 0 radical (unpaired) electrons. The minimum atomic E-state index is 0.493. The predicted octanol–water partition coefficient (Wildman–Crippen LogP) is 3.00. The predicted molar refractivity (Wildman–Crippen MR) is 78.3 cm³/mol. The van der Waals surface area contributed by atoms with Gasteiger partial charge in [-0.2, -0.15) is 11.3 Å². The van der Waals surface area contributed by atoms with E-state index in [1.807, 2.05) is 23.9 Å². The van der Waals surface area contributed by atoms with Gasteiger partial charge < -0.3 is 10.1 Å². The van der Waals surface area contributed by atoms with Crippen molar-refractivity contribution in [2.75, 3.05) is 19.5 Å². The Morgan fingerprint density at radius 2 is 2.29 bits per heavy atom. The zero-order chi connectivity index (χ0) is 12.3. The largest absolute Gasteiger partial charge is 0.378 e. The maximum Gasteiger partial charge on any atom is 0.162 e. The summed E-state index contributed by atoms with van der Waals surface area (Å²) >= 11 is 3.87. The molecule has 6 heteroatoms. The second-order valence-electron chi connectivity index (χ2n) is 3.35. The van der Waals surface area contributed by atoms with E-state index in [9.17, 15) is 0 Å². The van der Waals surface area contributed by atoms with Gasteiger partial charge in [-0.15, -0.1) is 0 Å². The Kier molecular flexibility index (Phi) is 4.30. The first-order valence-electron chi connectivity index (χ1n) is 5.02. The van der Waals surface area contributed by atoms with Crippen LogP contribution in [0.15, 0.2) is 16.8 Å². The molecule has 0 aliphatic carbocycles. The van der Waals surface area contributed by atoms with Crippen LogP contribution in [0, 0.1) is 3.57 Å². The number of anilines is 1. The molecule has 2 aromatic rings. The molecule has 0 unspecified atom stereocenters. The van der Waals surface area contributed by atoms with Crippen molar-refractivity contribution in [3.05, 3.63) is 26.1 Å². The summed E-state index contributed by atoms with van der Waals surface area (Å²) in [4.78, 5) is 9.03. The van der Waals surface area contributed by atoms with E-state index in [4.69, 9.17) is 4.74 Å². The van der Waals surface area contributed by atoms with Crippen molar-refractivity contribution < 1.29 is 4.74 Å². The molecule has 0 fully saturated rings. The Hall–Kier alpha value is -0.730. The van der Waals surface area contributed by atoms with Crippen molar-refractivity contribution in [2.45, 2.75) is 6.61 Å². The Morgan fingerprint density at radius 3 is 2.88 bits per heavy atom. The summed E-state index contributed by atoms with van der Waals surface area (Å²) in [6.07, 6.45) is 0. The van der Waals surface area contributed by atoms with Crippen LogP contribution in [0.2, 0.25) is 0 Å². The first-order chi connectivity index (χ1) is 8.26. The summed E-state index contributed by atoms with van der Waals surface area (Å²) < 4.78 is 6.17. The summed E-state index contributed by atoms with van der Waals surface area (Å²) in [6, 6.07) is 2.02. The highest BCUT2D eigenvalue weighted by molar-refractivity contribution is 14.1. The molecule has 0 saturated carbocycles. The van der Waals surface area contributed by atoms with Gasteiger partial charge in [0.25, 0.3) is 0 Å². The summed E-state index contributed by atoms with van der Waals surface area (Å²) in [7, 11) is 3.53. The van der Waals surface area contributed by atoms with Gasteiger partial charge >= 0.3 is 0 Å². The second-order valence-corrected chi connectivity index (χ2v) is 5.21. The van der Waals surface area contributed by atoms with E-state index < -0.39 is 0 Å². The first kappa shape index (κ1) is 12.7. The van der Waals surface area contributed by atoms with Gasteiger partial charge in [-0.05, 0) is 34.0 Å². The lowest BCUT2D eigenvalue weighted by atomic mass is 10.3. The minimum Gasteiger partial charge on any atom is -0.378 e. The molecule has 0 aliphatic rings. The number of nitrogens with zero attached hydrogens (tertiary/aromatic N) is 2. The summed E-state index contributed by atoms with van der Waals surface area (Å²) in [5.74, 6) is 1.58. The van der Waals surface area contributed by atoms with Gasteiger partial charge in [0.15, 0.2) is 5.82 Å². The van der Waals surface area contributed by atoms with Gasteiger partial charge in [0, 0.05) is 25.1 Å². The summed E-state index contributed by atoms with van der Waals surface area (Å²) in [5.41, 5.74) is 1.95. The average Bonchev–Trinajstić information content (AvgIpc) is 2.85. The number of ether oxygens (including phenoxy) is 1. The molecular weight excluding hydrogens is 349 g/mol. The third-order valence-electron chi connectivity index (χ3n) is 2.22. The molecule has 90 valence electrons. The third kappa shape index (κ3) is 2.75. The van der Waals surface area contributed by atoms with Crippen molar-refractivity contribution >= 4 is 39.7 Å². The Labute approximate surface area is 118 Å². The van der Waals surface area contributed by atoms with Crippen LogP contribution < -0.4 is 5.32 Å². The second kappa shape index (κ2) is 5.74. The van der Waals surface area contributed by atoms with E-state index in [1.54, 1.807) is 18.4 Å². The fraction of sp³-hybridized carbons (Fsp3) is 0.273. The molecule has 2 rings (SSSR count). The molecule has 0 spiro atoms. The molecule has 2 heterocycles. The maximum atomic E-state index is 5.16. The van der Waals surface area contributed by atoms with Crippen molar-refractivity contribution in [2.24, 2.45) is 0 Å². The fourth-order valence-electron chi connectivity index (χ4n) is 1.41. The van der Waals surface area contributed by atoms with E-state index in [-0.39, 0.29) is 0 Å². The topological polar surface area (TPSA) is 47.0 Å². The molecule has 0 atom stereocenters. The van der Waals surface area contributed by atoms with E-state index in [1.165, 1.54) is 0 Å². The lowest BCUT2D eigenvalue weighted by Gasteiger charge is -2.09. The molecule has 4 nitrogen and oxygen atoms in total. The quantitative estimate of drug-likeness (QED) is 0.851. The molecule has 0 aromatic carbocycles. The molecule has 0 amide bonds. The smallest absolute Gasteiger partial charge is 0.162 e. The van der Waals surface area contributed by atoms with Crippen molar-refractivity contribution in [3.63, 3.8) is 0 Å². The van der Waals surface area contributed by atoms with Crippen LogP contribution in [0.4, 0.5) is 5.82 Å². The number of rotatable bonds is 4. The zero-order valence-corrected chi connectivity index (χ0v) is 12.5. The molecule has 0 aliphatic heterocycles. The van der Waals surface area contributed by atoms with Gasteiger partial charge in [-0.25, -0.2) is 9.97 Å². The van der Waals surface area contributed by atoms with Gasteiger partial charge in [-0.1, -0.05) is 0 Å². The number of halogens is 1. The first-order valence-corrected chi connectivity index (χ1v) is 7.04. The van der Waals surface area contributed by atoms with Crippen molar-refractivity contribution in [1.82, 2.24) is 9.97 Å².